The largest absolute Gasteiger partial charge is 0.508 e. The Morgan fingerprint density at radius 3 is 1.81 bits per heavy atom. The van der Waals surface area contributed by atoms with E-state index in [-0.39, 0.29) is 18.0 Å². The minimum atomic E-state index is -1.11. The molecule has 2 aromatic carbocycles. The minimum Gasteiger partial charge on any atom is -0.508 e. The van der Waals surface area contributed by atoms with E-state index in [1.807, 2.05) is 0 Å². The zero-order valence-corrected chi connectivity index (χ0v) is 18.6. The van der Waals surface area contributed by atoms with Gasteiger partial charge in [-0.1, -0.05) is 12.1 Å². The molecule has 3 atom stereocenters. The van der Waals surface area contributed by atoms with Gasteiger partial charge in [-0.15, -0.1) is 0 Å². The van der Waals surface area contributed by atoms with Crippen LogP contribution in [0.1, 0.15) is 67.3 Å². The van der Waals surface area contributed by atoms with Crippen molar-refractivity contribution in [3.63, 3.8) is 0 Å². The molecule has 32 heavy (non-hydrogen) atoms. The molecule has 5 rings (SSSR count). The van der Waals surface area contributed by atoms with Crippen molar-refractivity contribution in [2.45, 2.75) is 76.5 Å². The highest BCUT2D eigenvalue weighted by atomic mass is 16.5. The van der Waals surface area contributed by atoms with Crippen molar-refractivity contribution < 1.29 is 34.3 Å². The van der Waals surface area contributed by atoms with Crippen LogP contribution in [0.2, 0.25) is 0 Å². The molecule has 0 fully saturated rings. The number of hydrogen-bond donors (Lipinski definition) is 3. The predicted molar refractivity (Wildman–Crippen MR) is 116 cm³/mol. The van der Waals surface area contributed by atoms with Crippen LogP contribution in [0.25, 0.3) is 0 Å². The smallest absolute Gasteiger partial charge is 0.174 e. The maximum absolute atomic E-state index is 13.4. The van der Waals surface area contributed by atoms with Crippen molar-refractivity contribution in [2.24, 2.45) is 0 Å². The number of aliphatic hydroxyl groups is 2. The Kier molecular flexibility index (Phi) is 4.52. The molecular weight excluding hydrogens is 412 g/mol. The van der Waals surface area contributed by atoms with E-state index in [1.54, 1.807) is 52.0 Å². The van der Waals surface area contributed by atoms with Crippen LogP contribution in [0.4, 0.5) is 0 Å². The molecule has 0 amide bonds. The monoisotopic (exact) mass is 440 g/mol. The van der Waals surface area contributed by atoms with E-state index < -0.39 is 29.5 Å². The number of Topliss-reactive ketones (excluding diaryl/α,β-unsaturated/α-hetero) is 1. The second kappa shape index (κ2) is 6.86. The first-order valence-electron chi connectivity index (χ1n) is 10.9. The lowest BCUT2D eigenvalue weighted by Crippen LogP contribution is -2.40. The fraction of sp³-hybridized carbons (Fsp3) is 0.480. The molecule has 0 spiro atoms. The van der Waals surface area contributed by atoms with Crippen molar-refractivity contribution in [1.29, 1.82) is 0 Å². The van der Waals surface area contributed by atoms with Gasteiger partial charge >= 0.3 is 0 Å². The van der Waals surface area contributed by atoms with Crippen LogP contribution in [0.3, 0.4) is 0 Å². The van der Waals surface area contributed by atoms with Gasteiger partial charge in [-0.25, -0.2) is 0 Å². The Morgan fingerprint density at radius 1 is 0.781 bits per heavy atom. The van der Waals surface area contributed by atoms with Crippen LogP contribution in [0.15, 0.2) is 24.3 Å². The van der Waals surface area contributed by atoms with Crippen molar-refractivity contribution in [3.05, 3.63) is 46.5 Å². The van der Waals surface area contributed by atoms with Gasteiger partial charge in [-0.2, -0.15) is 0 Å². The second-order valence-corrected chi connectivity index (χ2v) is 10.1. The Hall–Kier alpha value is -2.77. The molecule has 0 bridgehead atoms. The Labute approximate surface area is 186 Å². The highest BCUT2D eigenvalue weighted by molar-refractivity contribution is 6.04. The molecule has 3 heterocycles. The summed E-state index contributed by atoms with van der Waals surface area (Å²) in [4.78, 5) is 13.4. The number of carbonyl (C=O) groups excluding carboxylic acids is 1. The molecule has 0 aromatic heterocycles. The van der Waals surface area contributed by atoms with Gasteiger partial charge in [-0.3, -0.25) is 4.79 Å². The van der Waals surface area contributed by atoms with E-state index in [4.69, 9.17) is 14.2 Å². The van der Waals surface area contributed by atoms with Gasteiger partial charge in [0.15, 0.2) is 5.78 Å². The predicted octanol–water partition coefficient (Wildman–Crippen LogP) is 3.25. The fourth-order valence-corrected chi connectivity index (χ4v) is 4.68. The zero-order valence-electron chi connectivity index (χ0n) is 18.6. The lowest BCUT2D eigenvalue weighted by Gasteiger charge is -2.29. The number of rotatable bonds is 3. The van der Waals surface area contributed by atoms with Crippen molar-refractivity contribution in [1.82, 2.24) is 0 Å². The first-order chi connectivity index (χ1) is 14.9. The summed E-state index contributed by atoms with van der Waals surface area (Å²) >= 11 is 0. The van der Waals surface area contributed by atoms with E-state index in [0.29, 0.717) is 35.7 Å². The van der Waals surface area contributed by atoms with E-state index in [2.05, 4.69) is 0 Å². The van der Waals surface area contributed by atoms with E-state index in [9.17, 15) is 20.1 Å². The van der Waals surface area contributed by atoms with E-state index in [1.165, 1.54) is 0 Å². The first kappa shape index (κ1) is 21.1. The van der Waals surface area contributed by atoms with Crippen LogP contribution in [0.5, 0.6) is 23.0 Å². The van der Waals surface area contributed by atoms with Crippen LogP contribution in [-0.2, 0) is 12.8 Å². The third-order valence-corrected chi connectivity index (χ3v) is 6.60. The third kappa shape index (κ3) is 3.31. The maximum atomic E-state index is 13.4. The highest BCUT2D eigenvalue weighted by Crippen LogP contribution is 2.55. The molecule has 0 unspecified atom stereocenters. The highest BCUT2D eigenvalue weighted by Gasteiger charge is 2.48. The molecule has 170 valence electrons. The van der Waals surface area contributed by atoms with Gasteiger partial charge < -0.3 is 29.5 Å². The van der Waals surface area contributed by atoms with E-state index >= 15 is 0 Å². The molecule has 0 saturated heterocycles. The topological polar surface area (TPSA) is 105 Å². The second-order valence-electron chi connectivity index (χ2n) is 10.1. The summed E-state index contributed by atoms with van der Waals surface area (Å²) in [6, 6.07) is 6.61. The number of aromatic hydroxyl groups is 1. The lowest BCUT2D eigenvalue weighted by molar-refractivity contribution is -0.0254. The number of fused-ring (bicyclic) bond motifs is 6. The average Bonchev–Trinajstić information content (AvgIpc) is 3.32. The van der Waals surface area contributed by atoms with Crippen molar-refractivity contribution in [3.8, 4) is 23.0 Å². The third-order valence-electron chi connectivity index (χ3n) is 6.60. The number of phenolic OH excluding ortho intramolecular Hbond substituents is 1. The van der Waals surface area contributed by atoms with Gasteiger partial charge in [0.2, 0.25) is 0 Å². The molecule has 0 radical (unpaired) electrons. The molecule has 0 aliphatic carbocycles. The Bertz CT molecular complexity index is 1090. The summed E-state index contributed by atoms with van der Waals surface area (Å²) in [6.07, 6.45) is -0.596. The van der Waals surface area contributed by atoms with E-state index in [0.717, 1.165) is 16.7 Å². The number of ether oxygens (including phenoxy) is 3. The van der Waals surface area contributed by atoms with Gasteiger partial charge in [0.05, 0.1) is 17.6 Å². The lowest BCUT2D eigenvalue weighted by atomic mass is 9.88. The fourth-order valence-electron chi connectivity index (χ4n) is 4.68. The number of phenols is 1. The molecule has 7 nitrogen and oxygen atoms in total. The summed E-state index contributed by atoms with van der Waals surface area (Å²) in [5, 5.41) is 30.8. The zero-order chi connectivity index (χ0) is 23.0. The summed E-state index contributed by atoms with van der Waals surface area (Å²) in [7, 11) is 0. The molecule has 2 aromatic rings. The summed E-state index contributed by atoms with van der Waals surface area (Å²) in [5.74, 6) is 1.46. The molecule has 7 heteroatoms. The summed E-state index contributed by atoms with van der Waals surface area (Å²) in [5.41, 5.74) is 0.466. The number of carbonyl (C=O) groups is 1. The number of ketones is 1. The van der Waals surface area contributed by atoms with Crippen LogP contribution < -0.4 is 14.2 Å². The maximum Gasteiger partial charge on any atom is 0.174 e. The summed E-state index contributed by atoms with van der Waals surface area (Å²) < 4.78 is 18.7. The average molecular weight is 440 g/mol. The van der Waals surface area contributed by atoms with Crippen molar-refractivity contribution >= 4 is 5.78 Å². The van der Waals surface area contributed by atoms with Gasteiger partial charge in [0.25, 0.3) is 0 Å². The van der Waals surface area contributed by atoms with Crippen LogP contribution in [0, 0.1) is 0 Å². The summed E-state index contributed by atoms with van der Waals surface area (Å²) in [6.45, 7) is 6.74. The number of hydrogen-bond acceptors (Lipinski definition) is 7. The van der Waals surface area contributed by atoms with Gasteiger partial charge in [0, 0.05) is 24.0 Å². The standard InChI is InChI=1S/C25H28O7/c1-24(2,28)18-9-14-21(31-18)15-10-19(25(3,4)29)32-23(15)20-16(27)11-17(30-22(14)20)12-5-7-13(26)8-6-12/h5-8,17-19,26,28-29H,9-11H2,1-4H3/t17-,18-,19+/m1/s1. The Balaban J connectivity index is 1.63. The van der Waals surface area contributed by atoms with Crippen LogP contribution >= 0.6 is 0 Å². The molecule has 0 saturated carbocycles. The van der Waals surface area contributed by atoms with Gasteiger partial charge in [-0.05, 0) is 45.4 Å². The SMILES string of the molecule is CC(C)(O)[C@@H]1Cc2c3c(c4c(c2O1)C(=O)C[C@H](c1ccc(O)cc1)O4)C[C@H](C(C)(C)O)O3. The van der Waals surface area contributed by atoms with Gasteiger partial charge in [0.1, 0.15) is 46.9 Å². The Morgan fingerprint density at radius 2 is 1.28 bits per heavy atom. The quantitative estimate of drug-likeness (QED) is 0.673. The van der Waals surface area contributed by atoms with Crippen LogP contribution in [-0.4, -0.2) is 44.5 Å². The van der Waals surface area contributed by atoms with Crippen molar-refractivity contribution in [2.75, 3.05) is 0 Å². The molecule has 3 aliphatic rings. The normalized spacial score (nSPS) is 24.2. The molecular formula is C25H28O7. The number of benzene rings is 2. The minimum absolute atomic E-state index is 0.105. The first-order valence-corrected chi connectivity index (χ1v) is 10.9. The molecule has 3 N–H and O–H groups in total. The molecule has 3 aliphatic heterocycles.